The van der Waals surface area contributed by atoms with E-state index in [2.05, 4.69) is 5.32 Å². The molecule has 7 nitrogen and oxygen atoms in total. The highest BCUT2D eigenvalue weighted by atomic mass is 32.2. The van der Waals surface area contributed by atoms with Crippen molar-refractivity contribution in [3.8, 4) is 0 Å². The van der Waals surface area contributed by atoms with Gasteiger partial charge in [-0.05, 0) is 60.0 Å². The monoisotopic (exact) mass is 573 g/mol. The van der Waals surface area contributed by atoms with Crippen LogP contribution in [0.2, 0.25) is 0 Å². The molecule has 0 spiro atoms. The molecule has 0 fully saturated rings. The normalized spacial score (nSPS) is 11.9. The number of benzene rings is 4. The maximum Gasteiger partial charge on any atom is 0.264 e. The molecule has 0 aliphatic heterocycles. The molecule has 0 aliphatic rings. The van der Waals surface area contributed by atoms with Crippen molar-refractivity contribution >= 4 is 27.5 Å². The first-order valence-corrected chi connectivity index (χ1v) is 14.6. The number of likely N-dealkylation sites (N-methyl/N-ethyl adjacent to an activating group) is 1. The van der Waals surface area contributed by atoms with E-state index in [-0.39, 0.29) is 29.5 Å². The first-order valence-electron chi connectivity index (χ1n) is 13.1. The zero-order chi connectivity index (χ0) is 29.4. The van der Waals surface area contributed by atoms with E-state index in [0.717, 1.165) is 33.1 Å². The summed E-state index contributed by atoms with van der Waals surface area (Å²) in [6.07, 6.45) is 0.230. The average molecular weight is 574 g/mol. The number of anilines is 1. The van der Waals surface area contributed by atoms with Gasteiger partial charge in [-0.25, -0.2) is 12.8 Å². The molecule has 0 aliphatic carbocycles. The van der Waals surface area contributed by atoms with Gasteiger partial charge in [0.2, 0.25) is 11.8 Å². The number of amides is 2. The van der Waals surface area contributed by atoms with Crippen molar-refractivity contribution in [1.82, 2.24) is 10.2 Å². The molecule has 2 amide bonds. The van der Waals surface area contributed by atoms with E-state index in [0.29, 0.717) is 0 Å². The smallest absolute Gasteiger partial charge is 0.264 e. The number of rotatable bonds is 11. The summed E-state index contributed by atoms with van der Waals surface area (Å²) in [6, 6.07) is 28.6. The van der Waals surface area contributed by atoms with Crippen LogP contribution >= 0.6 is 0 Å². The van der Waals surface area contributed by atoms with Crippen LogP contribution in [-0.4, -0.2) is 44.8 Å². The van der Waals surface area contributed by atoms with Crippen LogP contribution in [0.1, 0.15) is 16.7 Å². The Kier molecular flexibility index (Phi) is 9.52. The van der Waals surface area contributed by atoms with Crippen molar-refractivity contribution in [2.75, 3.05) is 17.9 Å². The molecule has 1 N–H and O–H groups in total. The third kappa shape index (κ3) is 7.18. The van der Waals surface area contributed by atoms with Gasteiger partial charge in [0, 0.05) is 20.0 Å². The maximum absolute atomic E-state index is 14.2. The van der Waals surface area contributed by atoms with Crippen LogP contribution in [-0.2, 0) is 32.6 Å². The van der Waals surface area contributed by atoms with Gasteiger partial charge >= 0.3 is 0 Å². The van der Waals surface area contributed by atoms with E-state index in [1.165, 1.54) is 24.1 Å². The standard InChI is InChI=1S/C32H32FN3O4S/c1-24-11-9-10-14-26(24)22-35(30(32(38)34-2)21-25-12-5-3-6-13-25)31(37)23-36(28-15-7-4-8-16-28)41(39,40)29-19-17-27(33)18-20-29/h3-20,30H,21-23H2,1-2H3,(H,34,38). The van der Waals surface area contributed by atoms with Crippen molar-refractivity contribution in [3.63, 3.8) is 0 Å². The van der Waals surface area contributed by atoms with Crippen LogP contribution in [0.3, 0.4) is 0 Å². The molecule has 0 radical (unpaired) electrons. The summed E-state index contributed by atoms with van der Waals surface area (Å²) in [5.74, 6) is -1.51. The molecule has 1 unspecified atom stereocenters. The predicted octanol–water partition coefficient (Wildman–Crippen LogP) is 4.72. The number of nitrogens with zero attached hydrogens (tertiary/aromatic N) is 2. The van der Waals surface area contributed by atoms with E-state index in [4.69, 9.17) is 0 Å². The first-order chi connectivity index (χ1) is 19.7. The fourth-order valence-corrected chi connectivity index (χ4v) is 5.96. The molecule has 9 heteroatoms. The van der Waals surface area contributed by atoms with Crippen LogP contribution in [0.4, 0.5) is 10.1 Å². The van der Waals surface area contributed by atoms with Gasteiger partial charge in [-0.2, -0.15) is 0 Å². The minimum atomic E-state index is -4.27. The predicted molar refractivity (Wildman–Crippen MR) is 157 cm³/mol. The quantitative estimate of drug-likeness (QED) is 0.282. The molecule has 212 valence electrons. The largest absolute Gasteiger partial charge is 0.357 e. The summed E-state index contributed by atoms with van der Waals surface area (Å²) < 4.78 is 42.3. The summed E-state index contributed by atoms with van der Waals surface area (Å²) in [7, 11) is -2.77. The Labute approximate surface area is 240 Å². The SMILES string of the molecule is CNC(=O)C(Cc1ccccc1)N(Cc1ccccc1C)C(=O)CN(c1ccccc1)S(=O)(=O)c1ccc(F)cc1. The molecule has 0 aromatic heterocycles. The third-order valence-corrected chi connectivity index (χ3v) is 8.63. The zero-order valence-corrected chi connectivity index (χ0v) is 23.7. The van der Waals surface area contributed by atoms with Gasteiger partial charge in [-0.1, -0.05) is 72.8 Å². The van der Waals surface area contributed by atoms with Crippen molar-refractivity contribution in [3.05, 3.63) is 132 Å². The molecule has 1 atom stereocenters. The van der Waals surface area contributed by atoms with Gasteiger partial charge in [0.15, 0.2) is 0 Å². The minimum absolute atomic E-state index is 0.0929. The fraction of sp³-hybridized carbons (Fsp3) is 0.188. The molecule has 0 saturated carbocycles. The van der Waals surface area contributed by atoms with Crippen molar-refractivity contribution < 1.29 is 22.4 Å². The van der Waals surface area contributed by atoms with Crippen molar-refractivity contribution in [1.29, 1.82) is 0 Å². The average Bonchev–Trinajstić information content (AvgIpc) is 2.99. The van der Waals surface area contributed by atoms with Crippen LogP contribution in [0.25, 0.3) is 0 Å². The molecule has 4 aromatic carbocycles. The molecule has 0 saturated heterocycles. The minimum Gasteiger partial charge on any atom is -0.357 e. The number of para-hydroxylation sites is 1. The van der Waals surface area contributed by atoms with Gasteiger partial charge in [-0.15, -0.1) is 0 Å². The Balaban J connectivity index is 1.78. The lowest BCUT2D eigenvalue weighted by Crippen LogP contribution is -2.53. The van der Waals surface area contributed by atoms with E-state index >= 15 is 0 Å². The van der Waals surface area contributed by atoms with Gasteiger partial charge in [0.1, 0.15) is 18.4 Å². The Morgan fingerprint density at radius 2 is 1.41 bits per heavy atom. The second kappa shape index (κ2) is 13.2. The second-order valence-corrected chi connectivity index (χ2v) is 11.4. The number of nitrogens with one attached hydrogen (secondary N) is 1. The van der Waals surface area contributed by atoms with Crippen molar-refractivity contribution in [2.45, 2.75) is 30.8 Å². The number of hydrogen-bond donors (Lipinski definition) is 1. The highest BCUT2D eigenvalue weighted by Crippen LogP contribution is 2.25. The van der Waals surface area contributed by atoms with Gasteiger partial charge in [0.05, 0.1) is 10.6 Å². The number of carbonyl (C=O) groups is 2. The van der Waals surface area contributed by atoms with E-state index in [9.17, 15) is 22.4 Å². The van der Waals surface area contributed by atoms with Crippen molar-refractivity contribution in [2.24, 2.45) is 0 Å². The summed E-state index contributed by atoms with van der Waals surface area (Å²) in [6.45, 7) is 1.44. The maximum atomic E-state index is 14.2. The Bertz CT molecular complexity index is 1580. The van der Waals surface area contributed by atoms with Gasteiger partial charge in [-0.3, -0.25) is 13.9 Å². The Morgan fingerprint density at radius 1 is 0.829 bits per heavy atom. The lowest BCUT2D eigenvalue weighted by Gasteiger charge is -2.34. The highest BCUT2D eigenvalue weighted by molar-refractivity contribution is 7.92. The third-order valence-electron chi connectivity index (χ3n) is 6.84. The first kappa shape index (κ1) is 29.5. The molecule has 4 aromatic rings. The number of aryl methyl sites for hydroxylation is 1. The number of sulfonamides is 1. The lowest BCUT2D eigenvalue weighted by atomic mass is 10.0. The fourth-order valence-electron chi connectivity index (χ4n) is 4.55. The van der Waals surface area contributed by atoms with Crippen LogP contribution < -0.4 is 9.62 Å². The van der Waals surface area contributed by atoms with Crippen LogP contribution in [0.15, 0.2) is 114 Å². The van der Waals surface area contributed by atoms with Gasteiger partial charge in [0.25, 0.3) is 10.0 Å². The van der Waals surface area contributed by atoms with E-state index < -0.39 is 34.3 Å². The van der Waals surface area contributed by atoms with Gasteiger partial charge < -0.3 is 10.2 Å². The van der Waals surface area contributed by atoms with E-state index in [1.54, 1.807) is 30.3 Å². The molecule has 4 rings (SSSR count). The van der Waals surface area contributed by atoms with Crippen LogP contribution in [0.5, 0.6) is 0 Å². The number of carbonyl (C=O) groups excluding carboxylic acids is 2. The highest BCUT2D eigenvalue weighted by Gasteiger charge is 2.34. The summed E-state index contributed by atoms with van der Waals surface area (Å²) in [5.41, 5.74) is 2.87. The van der Waals surface area contributed by atoms with E-state index in [1.807, 2.05) is 61.5 Å². The summed E-state index contributed by atoms with van der Waals surface area (Å²) in [4.78, 5) is 28.8. The molecule has 41 heavy (non-hydrogen) atoms. The zero-order valence-electron chi connectivity index (χ0n) is 22.9. The molecular weight excluding hydrogens is 541 g/mol. The molecule has 0 heterocycles. The molecule has 0 bridgehead atoms. The summed E-state index contributed by atoms with van der Waals surface area (Å²) >= 11 is 0. The number of halogens is 1. The van der Waals surface area contributed by atoms with Crippen LogP contribution in [0, 0.1) is 12.7 Å². The Morgan fingerprint density at radius 3 is 2.02 bits per heavy atom. The lowest BCUT2D eigenvalue weighted by molar-refractivity contribution is -0.139. The topological polar surface area (TPSA) is 86.8 Å². The molecular formula is C32H32FN3O4S. The Hall–Kier alpha value is -4.50. The second-order valence-electron chi connectivity index (χ2n) is 9.57. The summed E-state index contributed by atoms with van der Waals surface area (Å²) in [5, 5.41) is 2.67. The number of hydrogen-bond acceptors (Lipinski definition) is 4.